The Morgan fingerprint density at radius 1 is 1.50 bits per heavy atom. The van der Waals surface area contributed by atoms with E-state index in [2.05, 4.69) is 23.3 Å². The Balaban J connectivity index is 2.19. The molecule has 1 aromatic carbocycles. The van der Waals surface area contributed by atoms with Crippen molar-refractivity contribution < 1.29 is 13.9 Å². The van der Waals surface area contributed by atoms with Crippen molar-refractivity contribution in [3.05, 3.63) is 24.0 Å². The number of carbonyl (C=O) groups is 1. The number of carbonyl (C=O) groups excluding carboxylic acids is 1. The maximum Gasteiger partial charge on any atom is 0.313 e. The molecule has 2 unspecified atom stereocenters. The number of rotatable bonds is 3. The van der Waals surface area contributed by atoms with Crippen LogP contribution < -0.4 is 10.6 Å². The summed E-state index contributed by atoms with van der Waals surface area (Å²) < 4.78 is 18.1. The summed E-state index contributed by atoms with van der Waals surface area (Å²) in [7, 11) is 0. The molecular formula is C12H15FN2O2S. The van der Waals surface area contributed by atoms with E-state index < -0.39 is 10.9 Å². The van der Waals surface area contributed by atoms with E-state index in [4.69, 9.17) is 4.74 Å². The highest BCUT2D eigenvalue weighted by Gasteiger charge is 2.42. The highest BCUT2D eigenvalue weighted by atomic mass is 32.1. The molecule has 6 heteroatoms. The Labute approximate surface area is 110 Å². The Bertz CT molecular complexity index is 483. The Morgan fingerprint density at radius 2 is 2.17 bits per heavy atom. The van der Waals surface area contributed by atoms with E-state index >= 15 is 0 Å². The van der Waals surface area contributed by atoms with Gasteiger partial charge in [0.05, 0.1) is 18.0 Å². The number of hydrogen-bond donors (Lipinski definition) is 3. The van der Waals surface area contributed by atoms with Gasteiger partial charge in [-0.25, -0.2) is 4.39 Å². The molecule has 98 valence electrons. The largest absolute Gasteiger partial charge is 0.466 e. The smallest absolute Gasteiger partial charge is 0.313 e. The number of benzene rings is 1. The number of hydrogen-bond acceptors (Lipinski definition) is 5. The second-order valence-electron chi connectivity index (χ2n) is 4.18. The second-order valence-corrected chi connectivity index (χ2v) is 4.89. The van der Waals surface area contributed by atoms with Crippen LogP contribution in [0, 0.1) is 11.7 Å². The number of anilines is 2. The number of esters is 1. The molecule has 0 spiro atoms. The fourth-order valence-electron chi connectivity index (χ4n) is 1.83. The number of fused-ring (bicyclic) bond motifs is 1. The Kier molecular flexibility index (Phi) is 3.38. The van der Waals surface area contributed by atoms with Crippen molar-refractivity contribution in [2.45, 2.75) is 18.8 Å². The molecule has 1 aromatic rings. The molecule has 0 aliphatic carbocycles. The SMILES string of the molecule is CCOC(=O)C(C)C1(S)Nc2ccc(F)cc2N1. The van der Waals surface area contributed by atoms with Crippen LogP contribution in [0.25, 0.3) is 0 Å². The van der Waals surface area contributed by atoms with Gasteiger partial charge in [0, 0.05) is 0 Å². The number of thiol groups is 1. The molecular weight excluding hydrogens is 255 g/mol. The van der Waals surface area contributed by atoms with Crippen molar-refractivity contribution in [1.29, 1.82) is 0 Å². The van der Waals surface area contributed by atoms with Crippen molar-refractivity contribution >= 4 is 30.0 Å². The molecule has 0 saturated heterocycles. The van der Waals surface area contributed by atoms with Gasteiger partial charge in [0.1, 0.15) is 11.7 Å². The third-order valence-electron chi connectivity index (χ3n) is 2.90. The fraction of sp³-hybridized carbons (Fsp3) is 0.417. The molecule has 0 radical (unpaired) electrons. The van der Waals surface area contributed by atoms with Gasteiger partial charge in [0.25, 0.3) is 0 Å². The lowest BCUT2D eigenvalue weighted by Crippen LogP contribution is -2.46. The minimum Gasteiger partial charge on any atom is -0.466 e. The van der Waals surface area contributed by atoms with Gasteiger partial charge < -0.3 is 15.4 Å². The summed E-state index contributed by atoms with van der Waals surface area (Å²) >= 11 is 4.44. The van der Waals surface area contributed by atoms with Gasteiger partial charge in [-0.3, -0.25) is 4.79 Å². The van der Waals surface area contributed by atoms with Crippen LogP contribution in [0.2, 0.25) is 0 Å². The van der Waals surface area contributed by atoms with Crippen molar-refractivity contribution in [1.82, 2.24) is 0 Å². The molecule has 4 nitrogen and oxygen atoms in total. The van der Waals surface area contributed by atoms with Crippen molar-refractivity contribution in [3.63, 3.8) is 0 Å². The van der Waals surface area contributed by atoms with E-state index in [1.54, 1.807) is 19.9 Å². The van der Waals surface area contributed by atoms with Crippen molar-refractivity contribution in [2.75, 3.05) is 17.2 Å². The highest BCUT2D eigenvalue weighted by Crippen LogP contribution is 2.40. The first kappa shape index (κ1) is 13.0. The van der Waals surface area contributed by atoms with Gasteiger partial charge in [-0.05, 0) is 32.0 Å². The van der Waals surface area contributed by atoms with Crippen molar-refractivity contribution in [3.8, 4) is 0 Å². The van der Waals surface area contributed by atoms with Crippen LogP contribution >= 0.6 is 12.6 Å². The topological polar surface area (TPSA) is 50.4 Å². The lowest BCUT2D eigenvalue weighted by Gasteiger charge is -2.30. The standard InChI is InChI=1S/C12H15FN2O2S/c1-3-17-11(16)7(2)12(18)14-9-5-4-8(13)6-10(9)15-12/h4-7,14-15,18H,3H2,1-2H3. The van der Waals surface area contributed by atoms with Gasteiger partial charge in [-0.1, -0.05) is 0 Å². The summed E-state index contributed by atoms with van der Waals surface area (Å²) in [4.78, 5) is 10.8. The van der Waals surface area contributed by atoms with Crippen molar-refractivity contribution in [2.24, 2.45) is 5.92 Å². The van der Waals surface area contributed by atoms with Crippen LogP contribution in [-0.2, 0) is 9.53 Å². The van der Waals surface area contributed by atoms with Crippen LogP contribution in [0.4, 0.5) is 15.8 Å². The molecule has 2 atom stereocenters. The zero-order valence-electron chi connectivity index (χ0n) is 10.2. The molecule has 0 bridgehead atoms. The van der Waals surface area contributed by atoms with Crippen LogP contribution in [0.1, 0.15) is 13.8 Å². The monoisotopic (exact) mass is 270 g/mol. The van der Waals surface area contributed by atoms with Crippen LogP contribution in [0.3, 0.4) is 0 Å². The average molecular weight is 270 g/mol. The fourth-order valence-corrected chi connectivity index (χ4v) is 2.17. The zero-order valence-corrected chi connectivity index (χ0v) is 11.1. The minimum absolute atomic E-state index is 0.314. The average Bonchev–Trinajstić information content (AvgIpc) is 2.65. The molecule has 2 rings (SSSR count). The molecule has 1 heterocycles. The third-order valence-corrected chi connectivity index (χ3v) is 3.51. The normalized spacial score (nSPS) is 22.7. The summed E-state index contributed by atoms with van der Waals surface area (Å²) in [5, 5.41) is 6.07. The second kappa shape index (κ2) is 4.68. The predicted octanol–water partition coefficient (Wildman–Crippen LogP) is 2.45. The lowest BCUT2D eigenvalue weighted by atomic mass is 10.1. The molecule has 2 N–H and O–H groups in total. The van der Waals surface area contributed by atoms with Gasteiger partial charge in [-0.15, -0.1) is 12.6 Å². The lowest BCUT2D eigenvalue weighted by molar-refractivity contribution is -0.147. The molecule has 0 fully saturated rings. The number of halogens is 1. The van der Waals surface area contributed by atoms with E-state index in [9.17, 15) is 9.18 Å². The van der Waals surface area contributed by atoms with Gasteiger partial charge in [0.2, 0.25) is 0 Å². The van der Waals surface area contributed by atoms with E-state index in [-0.39, 0.29) is 11.8 Å². The molecule has 0 saturated carbocycles. The Morgan fingerprint density at radius 3 is 2.83 bits per heavy atom. The summed E-state index contributed by atoms with van der Waals surface area (Å²) in [5.74, 6) is -1.23. The zero-order chi connectivity index (χ0) is 13.3. The highest BCUT2D eigenvalue weighted by molar-refractivity contribution is 7.82. The first-order valence-corrected chi connectivity index (χ1v) is 6.16. The molecule has 0 amide bonds. The van der Waals surface area contributed by atoms with Crippen LogP contribution in [0.5, 0.6) is 0 Å². The summed E-state index contributed by atoms with van der Waals surface area (Å²) in [6.07, 6.45) is 0. The summed E-state index contributed by atoms with van der Waals surface area (Å²) in [6.45, 7) is 3.76. The summed E-state index contributed by atoms with van der Waals surface area (Å²) in [6, 6.07) is 4.31. The van der Waals surface area contributed by atoms with Crippen LogP contribution in [-0.4, -0.2) is 17.6 Å². The molecule has 0 aromatic heterocycles. The first-order valence-electron chi connectivity index (χ1n) is 5.71. The maximum atomic E-state index is 13.1. The molecule has 1 aliphatic heterocycles. The van der Waals surface area contributed by atoms with E-state index in [0.29, 0.717) is 18.0 Å². The summed E-state index contributed by atoms with van der Waals surface area (Å²) in [5.41, 5.74) is 1.30. The predicted molar refractivity (Wildman–Crippen MR) is 71.2 cm³/mol. The Hall–Kier alpha value is -1.43. The number of ether oxygens (including phenoxy) is 1. The van der Waals surface area contributed by atoms with E-state index in [1.807, 2.05) is 0 Å². The van der Waals surface area contributed by atoms with Gasteiger partial charge >= 0.3 is 5.97 Å². The quantitative estimate of drug-likeness (QED) is 0.583. The van der Waals surface area contributed by atoms with Gasteiger partial charge in [-0.2, -0.15) is 0 Å². The van der Waals surface area contributed by atoms with Gasteiger partial charge in [0.15, 0.2) is 4.99 Å². The first-order chi connectivity index (χ1) is 8.46. The molecule has 1 aliphatic rings. The minimum atomic E-state index is -0.970. The molecule has 18 heavy (non-hydrogen) atoms. The third kappa shape index (κ3) is 2.25. The maximum absolute atomic E-state index is 13.1. The van der Waals surface area contributed by atoms with Crippen LogP contribution in [0.15, 0.2) is 18.2 Å². The van der Waals surface area contributed by atoms with E-state index in [0.717, 1.165) is 0 Å². The number of nitrogens with one attached hydrogen (secondary N) is 2. The van der Waals surface area contributed by atoms with E-state index in [1.165, 1.54) is 12.1 Å².